The molecule has 0 spiro atoms. The molecular formula is C11H13N5O. The molecule has 1 atom stereocenters. The van der Waals surface area contributed by atoms with Gasteiger partial charge in [0.2, 0.25) is 0 Å². The van der Waals surface area contributed by atoms with E-state index in [0.29, 0.717) is 12.1 Å². The van der Waals surface area contributed by atoms with Crippen LogP contribution in [0.2, 0.25) is 0 Å². The van der Waals surface area contributed by atoms with Gasteiger partial charge < -0.3 is 10.6 Å². The first-order valence-electron chi connectivity index (χ1n) is 5.58. The van der Waals surface area contributed by atoms with Gasteiger partial charge in [0.05, 0.1) is 23.5 Å². The molecule has 0 radical (unpaired) electrons. The van der Waals surface area contributed by atoms with Gasteiger partial charge in [-0.2, -0.15) is 5.10 Å². The van der Waals surface area contributed by atoms with E-state index in [-0.39, 0.29) is 11.9 Å². The van der Waals surface area contributed by atoms with Crippen LogP contribution in [0.25, 0.3) is 5.52 Å². The summed E-state index contributed by atoms with van der Waals surface area (Å²) in [6.45, 7) is 1.34. The molecule has 3 rings (SSSR count). The number of likely N-dealkylation sites (tertiary alicyclic amines) is 1. The van der Waals surface area contributed by atoms with Crippen molar-refractivity contribution in [2.45, 2.75) is 12.5 Å². The van der Waals surface area contributed by atoms with Gasteiger partial charge in [0.15, 0.2) is 0 Å². The van der Waals surface area contributed by atoms with E-state index in [0.717, 1.165) is 18.5 Å². The molecule has 0 saturated carbocycles. The predicted molar refractivity (Wildman–Crippen MR) is 61.5 cm³/mol. The van der Waals surface area contributed by atoms with Crippen LogP contribution in [0.3, 0.4) is 0 Å². The highest BCUT2D eigenvalue weighted by Crippen LogP contribution is 2.15. The Morgan fingerprint density at radius 3 is 3.12 bits per heavy atom. The molecule has 0 bridgehead atoms. The van der Waals surface area contributed by atoms with E-state index in [2.05, 4.69) is 10.1 Å². The third kappa shape index (κ3) is 1.66. The predicted octanol–water partition coefficient (Wildman–Crippen LogP) is -0.0975. The summed E-state index contributed by atoms with van der Waals surface area (Å²) in [5.74, 6) is -0.0130. The van der Waals surface area contributed by atoms with Crippen molar-refractivity contribution in [1.82, 2.24) is 19.5 Å². The normalized spacial score (nSPS) is 20.1. The third-order valence-electron chi connectivity index (χ3n) is 3.07. The Morgan fingerprint density at radius 2 is 2.35 bits per heavy atom. The minimum atomic E-state index is -0.0130. The maximum atomic E-state index is 12.3. The van der Waals surface area contributed by atoms with Gasteiger partial charge in [0.25, 0.3) is 5.91 Å². The molecule has 1 saturated heterocycles. The lowest BCUT2D eigenvalue weighted by Crippen LogP contribution is -2.31. The van der Waals surface area contributed by atoms with Crippen molar-refractivity contribution in [3.05, 3.63) is 30.4 Å². The Hall–Kier alpha value is -1.95. The second-order valence-electron chi connectivity index (χ2n) is 4.26. The molecule has 3 heterocycles. The smallest absolute Gasteiger partial charge is 0.257 e. The number of carbonyl (C=O) groups excluding carboxylic acids is 1. The quantitative estimate of drug-likeness (QED) is 0.743. The van der Waals surface area contributed by atoms with Gasteiger partial charge in [-0.15, -0.1) is 0 Å². The molecule has 6 nitrogen and oxygen atoms in total. The van der Waals surface area contributed by atoms with Crippen LogP contribution in [0.5, 0.6) is 0 Å². The van der Waals surface area contributed by atoms with E-state index < -0.39 is 0 Å². The van der Waals surface area contributed by atoms with Crippen molar-refractivity contribution in [3.8, 4) is 0 Å². The first-order chi connectivity index (χ1) is 8.25. The lowest BCUT2D eigenvalue weighted by atomic mass is 10.2. The molecule has 2 aromatic heterocycles. The highest BCUT2D eigenvalue weighted by Gasteiger charge is 2.26. The molecule has 1 fully saturated rings. The molecule has 0 aromatic carbocycles. The lowest BCUT2D eigenvalue weighted by Gasteiger charge is -2.14. The second kappa shape index (κ2) is 3.81. The van der Waals surface area contributed by atoms with E-state index in [1.165, 1.54) is 0 Å². The zero-order valence-corrected chi connectivity index (χ0v) is 9.28. The van der Waals surface area contributed by atoms with Gasteiger partial charge in [-0.05, 0) is 6.42 Å². The Bertz CT molecular complexity index is 564. The highest BCUT2D eigenvalue weighted by atomic mass is 16.2. The maximum Gasteiger partial charge on any atom is 0.257 e. The standard InChI is InChI=1S/C11H13N5O/c12-8-1-3-15(7-8)11(17)9-5-14-16-4-2-13-6-10(9)16/h2,4-6,8H,1,3,7,12H2/t8-/m0/s1. The van der Waals surface area contributed by atoms with Crippen molar-refractivity contribution in [3.63, 3.8) is 0 Å². The Balaban J connectivity index is 1.96. The number of amides is 1. The Kier molecular flexibility index (Phi) is 2.29. The summed E-state index contributed by atoms with van der Waals surface area (Å²) in [5, 5.41) is 4.13. The van der Waals surface area contributed by atoms with Gasteiger partial charge in [-0.1, -0.05) is 0 Å². The Labute approximate surface area is 98.0 Å². The summed E-state index contributed by atoms with van der Waals surface area (Å²) in [7, 11) is 0. The van der Waals surface area contributed by atoms with Gasteiger partial charge >= 0.3 is 0 Å². The number of hydrogen-bond donors (Lipinski definition) is 1. The monoisotopic (exact) mass is 231 g/mol. The fraction of sp³-hybridized carbons (Fsp3) is 0.364. The first-order valence-corrected chi connectivity index (χ1v) is 5.58. The Morgan fingerprint density at radius 1 is 1.47 bits per heavy atom. The summed E-state index contributed by atoms with van der Waals surface area (Å²) < 4.78 is 1.65. The van der Waals surface area contributed by atoms with Crippen molar-refractivity contribution in [1.29, 1.82) is 0 Å². The number of nitrogens with zero attached hydrogens (tertiary/aromatic N) is 4. The topological polar surface area (TPSA) is 76.5 Å². The fourth-order valence-corrected chi connectivity index (χ4v) is 2.14. The minimum absolute atomic E-state index is 0.0130. The van der Waals surface area contributed by atoms with Crippen LogP contribution in [0.15, 0.2) is 24.8 Å². The average Bonchev–Trinajstić information content (AvgIpc) is 2.94. The molecule has 1 aliphatic rings. The van der Waals surface area contributed by atoms with Crippen LogP contribution in [0, 0.1) is 0 Å². The number of rotatable bonds is 1. The third-order valence-corrected chi connectivity index (χ3v) is 3.07. The summed E-state index contributed by atoms with van der Waals surface area (Å²) in [4.78, 5) is 18.0. The van der Waals surface area contributed by atoms with Crippen LogP contribution in [0.4, 0.5) is 0 Å². The molecule has 17 heavy (non-hydrogen) atoms. The maximum absolute atomic E-state index is 12.3. The largest absolute Gasteiger partial charge is 0.337 e. The zero-order chi connectivity index (χ0) is 11.8. The molecular weight excluding hydrogens is 218 g/mol. The van der Waals surface area contributed by atoms with E-state index >= 15 is 0 Å². The van der Waals surface area contributed by atoms with E-state index in [4.69, 9.17) is 5.73 Å². The minimum Gasteiger partial charge on any atom is -0.337 e. The number of fused-ring (bicyclic) bond motifs is 1. The van der Waals surface area contributed by atoms with Crippen LogP contribution in [-0.2, 0) is 0 Å². The molecule has 1 amide bonds. The van der Waals surface area contributed by atoms with Crippen LogP contribution < -0.4 is 5.73 Å². The van der Waals surface area contributed by atoms with E-state index in [9.17, 15) is 4.79 Å². The molecule has 6 heteroatoms. The summed E-state index contributed by atoms with van der Waals surface area (Å²) in [6.07, 6.45) is 7.46. The number of aromatic nitrogens is 3. The van der Waals surface area contributed by atoms with Crippen molar-refractivity contribution in [2.24, 2.45) is 5.73 Å². The second-order valence-corrected chi connectivity index (χ2v) is 4.26. The first kappa shape index (κ1) is 10.2. The molecule has 0 unspecified atom stereocenters. The zero-order valence-electron chi connectivity index (χ0n) is 9.28. The SMILES string of the molecule is N[C@H]1CCN(C(=O)c2cnn3ccncc23)C1. The van der Waals surface area contributed by atoms with Crippen LogP contribution in [0.1, 0.15) is 16.8 Å². The molecule has 88 valence electrons. The number of carbonyl (C=O) groups is 1. The van der Waals surface area contributed by atoms with E-state index in [1.54, 1.807) is 34.2 Å². The van der Waals surface area contributed by atoms with Gasteiger partial charge in [0.1, 0.15) is 0 Å². The van der Waals surface area contributed by atoms with Crippen molar-refractivity contribution in [2.75, 3.05) is 13.1 Å². The molecule has 2 aromatic rings. The molecule has 0 aliphatic carbocycles. The van der Waals surface area contributed by atoms with Gasteiger partial charge in [-0.25, -0.2) is 4.52 Å². The van der Waals surface area contributed by atoms with E-state index in [1.807, 2.05) is 0 Å². The van der Waals surface area contributed by atoms with Gasteiger partial charge in [-0.3, -0.25) is 9.78 Å². The lowest BCUT2D eigenvalue weighted by molar-refractivity contribution is 0.0793. The van der Waals surface area contributed by atoms with Crippen molar-refractivity contribution < 1.29 is 4.79 Å². The number of nitrogens with two attached hydrogens (primary N) is 1. The summed E-state index contributed by atoms with van der Waals surface area (Å²) in [5.41, 5.74) is 7.13. The van der Waals surface area contributed by atoms with Crippen LogP contribution >= 0.6 is 0 Å². The molecule has 2 N–H and O–H groups in total. The highest BCUT2D eigenvalue weighted by molar-refractivity contribution is 6.00. The van der Waals surface area contributed by atoms with Crippen molar-refractivity contribution >= 4 is 11.4 Å². The van der Waals surface area contributed by atoms with Gasteiger partial charge in [0, 0.05) is 31.5 Å². The molecule has 1 aliphatic heterocycles. The number of hydrogen-bond acceptors (Lipinski definition) is 4. The average molecular weight is 231 g/mol. The summed E-state index contributed by atoms with van der Waals surface area (Å²) >= 11 is 0. The fourth-order valence-electron chi connectivity index (χ4n) is 2.14. The van der Waals surface area contributed by atoms with Crippen LogP contribution in [-0.4, -0.2) is 44.5 Å². The summed E-state index contributed by atoms with van der Waals surface area (Å²) in [6, 6.07) is 0.0962.